The molecule has 0 saturated carbocycles. The summed E-state index contributed by atoms with van der Waals surface area (Å²) in [6, 6.07) is 0. The topological polar surface area (TPSA) is 55.7 Å². The molecular weight excluding hydrogens is 285 g/mol. The number of hydrogen-bond donors (Lipinski definition) is 0. The standard InChI is InChI=1S/C8H10INO3/c1-2-13-8(12)4-6-5(9)3-7(11)10-6/h5H,2-4H2,1H3. The molecule has 1 aliphatic heterocycles. The van der Waals surface area contributed by atoms with Crippen molar-refractivity contribution in [3.05, 3.63) is 0 Å². The van der Waals surface area contributed by atoms with Crippen LogP contribution in [0.1, 0.15) is 19.8 Å². The van der Waals surface area contributed by atoms with Crippen LogP contribution in [-0.2, 0) is 14.3 Å². The summed E-state index contributed by atoms with van der Waals surface area (Å²) in [4.78, 5) is 25.7. The van der Waals surface area contributed by atoms with E-state index in [0.717, 1.165) is 0 Å². The molecule has 0 N–H and O–H groups in total. The average molecular weight is 295 g/mol. The van der Waals surface area contributed by atoms with Gasteiger partial charge in [-0.1, -0.05) is 22.6 Å². The van der Waals surface area contributed by atoms with E-state index < -0.39 is 0 Å². The van der Waals surface area contributed by atoms with Crippen molar-refractivity contribution in [3.8, 4) is 0 Å². The molecule has 0 aromatic rings. The van der Waals surface area contributed by atoms with E-state index in [1.807, 2.05) is 0 Å². The molecule has 1 atom stereocenters. The van der Waals surface area contributed by atoms with Crippen LogP contribution in [0.5, 0.6) is 0 Å². The first-order chi connectivity index (χ1) is 6.13. The second-order valence-corrected chi connectivity index (χ2v) is 4.15. The van der Waals surface area contributed by atoms with Crippen LogP contribution in [0.25, 0.3) is 0 Å². The van der Waals surface area contributed by atoms with Crippen molar-refractivity contribution in [2.24, 2.45) is 4.99 Å². The van der Waals surface area contributed by atoms with Gasteiger partial charge in [0.05, 0.1) is 17.0 Å². The molecule has 0 aromatic carbocycles. The zero-order chi connectivity index (χ0) is 9.84. The van der Waals surface area contributed by atoms with Gasteiger partial charge in [0.2, 0.25) is 5.91 Å². The normalized spacial score (nSPS) is 21.5. The number of aliphatic imine (C=N–C) groups is 1. The molecule has 0 bridgehead atoms. The van der Waals surface area contributed by atoms with Crippen molar-refractivity contribution in [1.82, 2.24) is 0 Å². The molecule has 72 valence electrons. The van der Waals surface area contributed by atoms with Gasteiger partial charge < -0.3 is 4.74 Å². The molecular formula is C8H10INO3. The van der Waals surface area contributed by atoms with Gasteiger partial charge >= 0.3 is 5.97 Å². The molecule has 4 nitrogen and oxygen atoms in total. The summed E-state index contributed by atoms with van der Waals surface area (Å²) >= 11 is 2.11. The van der Waals surface area contributed by atoms with Gasteiger partial charge in [-0.05, 0) is 6.92 Å². The number of ether oxygens (including phenoxy) is 1. The molecule has 1 rings (SSSR count). The molecule has 1 amide bonds. The van der Waals surface area contributed by atoms with Crippen LogP contribution in [0, 0.1) is 0 Å². The predicted octanol–water partition coefficient (Wildman–Crippen LogP) is 1.11. The van der Waals surface area contributed by atoms with Crippen molar-refractivity contribution in [3.63, 3.8) is 0 Å². The zero-order valence-corrected chi connectivity index (χ0v) is 9.41. The Morgan fingerprint density at radius 3 is 2.92 bits per heavy atom. The van der Waals surface area contributed by atoms with Crippen molar-refractivity contribution in [1.29, 1.82) is 0 Å². The van der Waals surface area contributed by atoms with E-state index in [-0.39, 0.29) is 22.2 Å². The van der Waals surface area contributed by atoms with Crippen molar-refractivity contribution in [2.45, 2.75) is 23.7 Å². The number of rotatable bonds is 3. The molecule has 1 heterocycles. The Balaban J connectivity index is 2.49. The minimum atomic E-state index is -0.308. The van der Waals surface area contributed by atoms with Crippen LogP contribution in [0.4, 0.5) is 0 Å². The maximum Gasteiger partial charge on any atom is 0.311 e. The fourth-order valence-electron chi connectivity index (χ4n) is 1.06. The maximum absolute atomic E-state index is 11.0. The van der Waals surface area contributed by atoms with Crippen LogP contribution in [-0.4, -0.2) is 28.1 Å². The Hall–Kier alpha value is -0.460. The fraction of sp³-hybridized carbons (Fsp3) is 0.625. The molecule has 1 aliphatic rings. The lowest BCUT2D eigenvalue weighted by Crippen LogP contribution is -2.16. The summed E-state index contributed by atoms with van der Waals surface area (Å²) in [5.41, 5.74) is 0.643. The van der Waals surface area contributed by atoms with Crippen molar-refractivity contribution in [2.75, 3.05) is 6.61 Å². The minimum Gasteiger partial charge on any atom is -0.466 e. The number of carbonyl (C=O) groups excluding carboxylic acids is 2. The van der Waals surface area contributed by atoms with Gasteiger partial charge in [0.15, 0.2) is 0 Å². The summed E-state index contributed by atoms with van der Waals surface area (Å²) in [7, 11) is 0. The molecule has 5 heteroatoms. The van der Waals surface area contributed by atoms with E-state index in [1.165, 1.54) is 0 Å². The molecule has 0 saturated heterocycles. The first-order valence-corrected chi connectivity index (χ1v) is 5.28. The third-order valence-electron chi connectivity index (χ3n) is 1.61. The van der Waals surface area contributed by atoms with Crippen molar-refractivity contribution >= 4 is 40.2 Å². The molecule has 0 aromatic heterocycles. The van der Waals surface area contributed by atoms with Gasteiger partial charge in [0, 0.05) is 12.1 Å². The Morgan fingerprint density at radius 2 is 2.46 bits per heavy atom. The van der Waals surface area contributed by atoms with E-state index >= 15 is 0 Å². The quantitative estimate of drug-likeness (QED) is 0.445. The van der Waals surface area contributed by atoms with Crippen LogP contribution in [0.3, 0.4) is 0 Å². The smallest absolute Gasteiger partial charge is 0.311 e. The van der Waals surface area contributed by atoms with Gasteiger partial charge in [0.1, 0.15) is 0 Å². The summed E-state index contributed by atoms with van der Waals surface area (Å²) in [6.07, 6.45) is 0.558. The van der Waals surface area contributed by atoms with Crippen LogP contribution in [0.15, 0.2) is 4.99 Å². The Bertz CT molecular complexity index is 262. The van der Waals surface area contributed by atoms with E-state index in [1.54, 1.807) is 6.92 Å². The first-order valence-electron chi connectivity index (χ1n) is 4.03. The van der Waals surface area contributed by atoms with Gasteiger partial charge in [-0.2, -0.15) is 0 Å². The number of hydrogen-bond acceptors (Lipinski definition) is 3. The molecule has 13 heavy (non-hydrogen) atoms. The first kappa shape index (κ1) is 10.6. The number of nitrogens with zero attached hydrogens (tertiary/aromatic N) is 1. The zero-order valence-electron chi connectivity index (χ0n) is 7.25. The Morgan fingerprint density at radius 1 is 1.77 bits per heavy atom. The second kappa shape index (κ2) is 4.69. The molecule has 1 unspecified atom stereocenters. The van der Waals surface area contributed by atoms with Gasteiger partial charge in [0.25, 0.3) is 0 Å². The number of carbonyl (C=O) groups is 2. The summed E-state index contributed by atoms with van der Waals surface area (Å²) in [5, 5.41) is 0. The lowest BCUT2D eigenvalue weighted by atomic mass is 10.2. The molecule has 0 spiro atoms. The van der Waals surface area contributed by atoms with Crippen LogP contribution in [0.2, 0.25) is 0 Å². The lowest BCUT2D eigenvalue weighted by molar-refractivity contribution is -0.141. The van der Waals surface area contributed by atoms with E-state index in [0.29, 0.717) is 18.7 Å². The molecule has 0 radical (unpaired) electrons. The highest BCUT2D eigenvalue weighted by atomic mass is 127. The van der Waals surface area contributed by atoms with E-state index in [9.17, 15) is 9.59 Å². The van der Waals surface area contributed by atoms with Crippen LogP contribution >= 0.6 is 22.6 Å². The SMILES string of the molecule is CCOC(=O)CC1=NC(=O)CC1I. The second-order valence-electron chi connectivity index (χ2n) is 2.65. The number of halogens is 1. The summed E-state index contributed by atoms with van der Waals surface area (Å²) in [5.74, 6) is -0.448. The highest BCUT2D eigenvalue weighted by molar-refractivity contribution is 14.1. The van der Waals surface area contributed by atoms with Crippen molar-refractivity contribution < 1.29 is 14.3 Å². The third-order valence-corrected chi connectivity index (χ3v) is 2.77. The van der Waals surface area contributed by atoms with Gasteiger partial charge in [-0.15, -0.1) is 0 Å². The van der Waals surface area contributed by atoms with Gasteiger partial charge in [-0.3, -0.25) is 9.59 Å². The van der Waals surface area contributed by atoms with Gasteiger partial charge in [-0.25, -0.2) is 4.99 Å². The Kier molecular flexibility index (Phi) is 3.83. The number of alkyl halides is 1. The minimum absolute atomic E-state index is 0.0644. The summed E-state index contributed by atoms with van der Waals surface area (Å²) < 4.78 is 4.82. The predicted molar refractivity (Wildman–Crippen MR) is 56.1 cm³/mol. The maximum atomic E-state index is 11.0. The average Bonchev–Trinajstić information content (AvgIpc) is 2.30. The largest absolute Gasteiger partial charge is 0.466 e. The molecule has 0 fully saturated rings. The highest BCUT2D eigenvalue weighted by Crippen LogP contribution is 2.18. The third kappa shape index (κ3) is 3.06. The number of esters is 1. The highest BCUT2D eigenvalue weighted by Gasteiger charge is 2.26. The lowest BCUT2D eigenvalue weighted by Gasteiger charge is -2.03. The number of amides is 1. The molecule has 0 aliphatic carbocycles. The monoisotopic (exact) mass is 295 g/mol. The van der Waals surface area contributed by atoms with E-state index in [4.69, 9.17) is 4.74 Å². The van der Waals surface area contributed by atoms with E-state index in [2.05, 4.69) is 27.6 Å². The fourth-order valence-corrected chi connectivity index (χ4v) is 1.79. The summed E-state index contributed by atoms with van der Waals surface area (Å²) in [6.45, 7) is 2.12. The Labute approximate surface area is 89.9 Å². The van der Waals surface area contributed by atoms with Crippen LogP contribution < -0.4 is 0 Å².